The Morgan fingerprint density at radius 1 is 0.850 bits per heavy atom. The lowest BCUT2D eigenvalue weighted by Gasteiger charge is -2.12. The van der Waals surface area contributed by atoms with Gasteiger partial charge < -0.3 is 14.6 Å². The van der Waals surface area contributed by atoms with Crippen molar-refractivity contribution in [1.82, 2.24) is 0 Å². The molecule has 0 radical (unpaired) electrons. The minimum Gasteiger partial charge on any atom is -0.478 e. The fourth-order valence-corrected chi connectivity index (χ4v) is 1.72. The van der Waals surface area contributed by atoms with Gasteiger partial charge in [0.1, 0.15) is 11.5 Å². The molecule has 0 atom stereocenters. The van der Waals surface area contributed by atoms with E-state index in [1.54, 1.807) is 12.1 Å². The third-order valence-corrected chi connectivity index (χ3v) is 2.66. The maximum atomic E-state index is 10.1. The number of hydrogen-bond donors (Lipinski definition) is 1. The van der Waals surface area contributed by atoms with Crippen LogP contribution >= 0.6 is 0 Å². The fourth-order valence-electron chi connectivity index (χ4n) is 1.72. The van der Waals surface area contributed by atoms with Gasteiger partial charge in [0.25, 0.3) is 0 Å². The molecule has 3 nitrogen and oxygen atoms in total. The van der Waals surface area contributed by atoms with Crippen LogP contribution in [-0.4, -0.2) is 5.11 Å². The van der Waals surface area contributed by atoms with Crippen molar-refractivity contribution in [3.63, 3.8) is 0 Å². The molecule has 0 unspecified atom stereocenters. The monoisotopic (exact) mass is 270 g/mol. The van der Waals surface area contributed by atoms with Crippen molar-refractivity contribution in [3.8, 4) is 11.5 Å². The van der Waals surface area contributed by atoms with Crippen LogP contribution in [0.25, 0.3) is 0 Å². The average Bonchev–Trinajstić information content (AvgIpc) is 2.49. The summed E-state index contributed by atoms with van der Waals surface area (Å²) in [6.45, 7) is 2.02. The van der Waals surface area contributed by atoms with Crippen molar-refractivity contribution in [2.75, 3.05) is 0 Å². The number of aliphatic hydroxyl groups excluding tert-OH is 1. The van der Waals surface area contributed by atoms with Gasteiger partial charge in [-0.15, -0.1) is 0 Å². The number of para-hydroxylation sites is 2. The van der Waals surface area contributed by atoms with Gasteiger partial charge in [0, 0.05) is 6.42 Å². The molecule has 0 aliphatic rings. The SMILES string of the molecule is CCCC(Oc1ccccc1)=C(O)Oc1ccccc1. The van der Waals surface area contributed by atoms with E-state index in [-0.39, 0.29) is 5.95 Å². The Hall–Kier alpha value is -2.42. The molecule has 0 aromatic heterocycles. The van der Waals surface area contributed by atoms with Crippen LogP contribution in [0.5, 0.6) is 11.5 Å². The van der Waals surface area contributed by atoms with Gasteiger partial charge in [-0.3, -0.25) is 0 Å². The van der Waals surface area contributed by atoms with Crippen molar-refractivity contribution < 1.29 is 14.6 Å². The molecule has 2 rings (SSSR count). The van der Waals surface area contributed by atoms with Crippen molar-refractivity contribution in [1.29, 1.82) is 0 Å². The first kappa shape index (κ1) is 14.0. The van der Waals surface area contributed by atoms with Crippen molar-refractivity contribution in [2.24, 2.45) is 0 Å². The van der Waals surface area contributed by atoms with Gasteiger partial charge in [-0.2, -0.15) is 0 Å². The van der Waals surface area contributed by atoms with Gasteiger partial charge in [0.05, 0.1) is 0 Å². The first-order chi connectivity index (χ1) is 9.79. The number of ether oxygens (including phenoxy) is 2. The van der Waals surface area contributed by atoms with Crippen LogP contribution in [0.4, 0.5) is 0 Å². The van der Waals surface area contributed by atoms with E-state index >= 15 is 0 Å². The van der Waals surface area contributed by atoms with E-state index in [0.717, 1.165) is 6.42 Å². The molecule has 0 heterocycles. The lowest BCUT2D eigenvalue weighted by atomic mass is 10.3. The van der Waals surface area contributed by atoms with E-state index in [9.17, 15) is 5.11 Å². The Morgan fingerprint density at radius 3 is 1.85 bits per heavy atom. The number of aliphatic hydroxyl groups is 1. The van der Waals surface area contributed by atoms with E-state index in [1.165, 1.54) is 0 Å². The van der Waals surface area contributed by atoms with Gasteiger partial charge in [-0.1, -0.05) is 43.3 Å². The second-order valence-corrected chi connectivity index (χ2v) is 4.31. The minimum absolute atomic E-state index is 0.193. The molecular formula is C17H18O3. The molecular weight excluding hydrogens is 252 g/mol. The number of hydrogen-bond acceptors (Lipinski definition) is 3. The Morgan fingerprint density at radius 2 is 1.35 bits per heavy atom. The van der Waals surface area contributed by atoms with Gasteiger partial charge in [-0.05, 0) is 30.7 Å². The molecule has 0 saturated heterocycles. The summed E-state index contributed by atoms with van der Waals surface area (Å²) in [5.74, 6) is 1.50. The highest BCUT2D eigenvalue weighted by atomic mass is 16.6. The van der Waals surface area contributed by atoms with Gasteiger partial charge in [0.2, 0.25) is 0 Å². The number of allylic oxidation sites excluding steroid dienone is 1. The lowest BCUT2D eigenvalue weighted by Crippen LogP contribution is -2.05. The largest absolute Gasteiger partial charge is 0.478 e. The van der Waals surface area contributed by atoms with Gasteiger partial charge >= 0.3 is 5.95 Å². The Kier molecular flexibility index (Phi) is 5.07. The molecule has 104 valence electrons. The van der Waals surface area contributed by atoms with E-state index in [2.05, 4.69) is 0 Å². The average molecular weight is 270 g/mol. The highest BCUT2D eigenvalue weighted by Gasteiger charge is 2.10. The van der Waals surface area contributed by atoms with Crippen molar-refractivity contribution in [2.45, 2.75) is 19.8 Å². The zero-order valence-electron chi connectivity index (χ0n) is 11.5. The molecule has 3 heteroatoms. The summed E-state index contributed by atoms with van der Waals surface area (Å²) in [6.07, 6.45) is 1.46. The van der Waals surface area contributed by atoms with Crippen LogP contribution in [0.2, 0.25) is 0 Å². The predicted octanol–water partition coefficient (Wildman–Crippen LogP) is 4.67. The summed E-state index contributed by atoms with van der Waals surface area (Å²) in [7, 11) is 0. The summed E-state index contributed by atoms with van der Waals surface area (Å²) in [6, 6.07) is 18.5. The fraction of sp³-hybridized carbons (Fsp3) is 0.176. The first-order valence-corrected chi connectivity index (χ1v) is 6.67. The molecule has 1 N–H and O–H groups in total. The Labute approximate surface area is 119 Å². The maximum absolute atomic E-state index is 10.1. The zero-order chi connectivity index (χ0) is 14.2. The van der Waals surface area contributed by atoms with Crippen LogP contribution in [0.3, 0.4) is 0 Å². The van der Waals surface area contributed by atoms with Crippen LogP contribution in [0.15, 0.2) is 72.4 Å². The molecule has 0 aliphatic heterocycles. The summed E-state index contributed by atoms with van der Waals surface area (Å²) in [4.78, 5) is 0. The second kappa shape index (κ2) is 7.24. The third-order valence-electron chi connectivity index (χ3n) is 2.66. The summed E-state index contributed by atoms with van der Waals surface area (Å²) >= 11 is 0. The van der Waals surface area contributed by atoms with Crippen LogP contribution in [0.1, 0.15) is 19.8 Å². The van der Waals surface area contributed by atoms with E-state index < -0.39 is 0 Å². The second-order valence-electron chi connectivity index (χ2n) is 4.31. The molecule has 2 aromatic carbocycles. The van der Waals surface area contributed by atoms with E-state index in [1.807, 2.05) is 55.5 Å². The molecule has 0 fully saturated rings. The van der Waals surface area contributed by atoms with Crippen LogP contribution < -0.4 is 9.47 Å². The highest BCUT2D eigenvalue weighted by Crippen LogP contribution is 2.20. The molecule has 0 bridgehead atoms. The van der Waals surface area contributed by atoms with Gasteiger partial charge in [0.15, 0.2) is 5.76 Å². The first-order valence-electron chi connectivity index (χ1n) is 6.67. The normalized spacial score (nSPS) is 11.7. The van der Waals surface area contributed by atoms with E-state index in [0.29, 0.717) is 23.7 Å². The lowest BCUT2D eigenvalue weighted by molar-refractivity contribution is 0.174. The number of rotatable bonds is 6. The van der Waals surface area contributed by atoms with Crippen molar-refractivity contribution in [3.05, 3.63) is 72.4 Å². The summed E-state index contributed by atoms with van der Waals surface area (Å²) in [5.41, 5.74) is 0. The summed E-state index contributed by atoms with van der Waals surface area (Å²) < 4.78 is 11.1. The Balaban J connectivity index is 2.15. The standard InChI is InChI=1S/C17H18O3/c1-2-9-16(19-14-10-5-3-6-11-14)17(18)20-15-12-7-4-8-13-15/h3-8,10-13,18H,2,9H2,1H3. The van der Waals surface area contributed by atoms with Gasteiger partial charge in [-0.25, -0.2) is 0 Å². The molecule has 20 heavy (non-hydrogen) atoms. The quantitative estimate of drug-likeness (QED) is 0.775. The topological polar surface area (TPSA) is 38.7 Å². The van der Waals surface area contributed by atoms with Crippen LogP contribution in [-0.2, 0) is 0 Å². The molecule has 2 aromatic rings. The smallest absolute Gasteiger partial charge is 0.322 e. The minimum atomic E-state index is -0.193. The predicted molar refractivity (Wildman–Crippen MR) is 78.7 cm³/mol. The summed E-state index contributed by atoms with van der Waals surface area (Å²) in [5, 5.41) is 10.1. The number of benzene rings is 2. The molecule has 0 aliphatic carbocycles. The molecule has 0 spiro atoms. The van der Waals surface area contributed by atoms with Crippen LogP contribution in [0, 0.1) is 0 Å². The third kappa shape index (κ3) is 4.05. The molecule has 0 amide bonds. The molecule has 0 saturated carbocycles. The maximum Gasteiger partial charge on any atom is 0.322 e. The van der Waals surface area contributed by atoms with Crippen molar-refractivity contribution >= 4 is 0 Å². The highest BCUT2D eigenvalue weighted by molar-refractivity contribution is 5.25. The zero-order valence-corrected chi connectivity index (χ0v) is 11.5. The Bertz CT molecular complexity index is 547. The van der Waals surface area contributed by atoms with E-state index in [4.69, 9.17) is 9.47 Å².